The van der Waals surface area contributed by atoms with Crippen molar-refractivity contribution in [2.24, 2.45) is 0 Å². The van der Waals surface area contributed by atoms with Crippen LogP contribution in [0.1, 0.15) is 24.5 Å². The fraction of sp³-hybridized carbons (Fsp3) is 0.278. The number of carbonyl (C=O) groups excluding carboxylic acids is 1. The number of rotatable bonds is 6. The molecule has 0 aliphatic rings. The van der Waals surface area contributed by atoms with Gasteiger partial charge in [0, 0.05) is 10.5 Å². The summed E-state index contributed by atoms with van der Waals surface area (Å²) in [5, 5.41) is 0. The van der Waals surface area contributed by atoms with Crippen molar-refractivity contribution in [3.63, 3.8) is 0 Å². The molecule has 0 aliphatic heterocycles. The summed E-state index contributed by atoms with van der Waals surface area (Å²) < 4.78 is 12.1. The van der Waals surface area contributed by atoms with Gasteiger partial charge in [-0.05, 0) is 83.8 Å². The maximum atomic E-state index is 10.9. The van der Waals surface area contributed by atoms with Crippen molar-refractivity contribution in [3.8, 4) is 11.5 Å². The molecule has 2 rings (SSSR count). The molecule has 0 fully saturated rings. The molecule has 0 spiro atoms. The van der Waals surface area contributed by atoms with E-state index < -0.39 is 0 Å². The smallest absolute Gasteiger partial charge is 0.308 e. The van der Waals surface area contributed by atoms with Gasteiger partial charge in [0.05, 0.1) is 6.61 Å². The van der Waals surface area contributed by atoms with Gasteiger partial charge in [0.2, 0.25) is 0 Å². The van der Waals surface area contributed by atoms with E-state index >= 15 is 0 Å². The molecule has 22 heavy (non-hydrogen) atoms. The lowest BCUT2D eigenvalue weighted by atomic mass is 10.1. The lowest BCUT2D eigenvalue weighted by molar-refractivity contribution is -0.131. The van der Waals surface area contributed by atoms with Crippen LogP contribution in [-0.2, 0) is 11.2 Å². The highest BCUT2D eigenvalue weighted by Gasteiger charge is 2.04. The SMILES string of the molecule is CC(=O)Oc1ccc(OCCCc2cccc(I)c2)c(C)c1. The second kappa shape index (κ2) is 8.17. The average Bonchev–Trinajstić information content (AvgIpc) is 2.45. The van der Waals surface area contributed by atoms with Gasteiger partial charge in [0.15, 0.2) is 0 Å². The summed E-state index contributed by atoms with van der Waals surface area (Å²) in [4.78, 5) is 10.9. The molecule has 116 valence electrons. The molecule has 3 nitrogen and oxygen atoms in total. The van der Waals surface area contributed by atoms with Gasteiger partial charge in [-0.15, -0.1) is 0 Å². The van der Waals surface area contributed by atoms with Crippen LogP contribution in [0.4, 0.5) is 0 Å². The van der Waals surface area contributed by atoms with E-state index in [1.807, 2.05) is 19.1 Å². The largest absolute Gasteiger partial charge is 0.493 e. The second-order valence-corrected chi connectivity index (χ2v) is 6.35. The zero-order valence-corrected chi connectivity index (χ0v) is 14.9. The Morgan fingerprint density at radius 3 is 2.68 bits per heavy atom. The summed E-state index contributed by atoms with van der Waals surface area (Å²) in [6.45, 7) is 4.01. The van der Waals surface area contributed by atoms with Crippen LogP contribution in [0.2, 0.25) is 0 Å². The minimum absolute atomic E-state index is 0.314. The first-order valence-corrected chi connectivity index (χ1v) is 8.29. The molecule has 0 bridgehead atoms. The molecule has 0 aliphatic carbocycles. The van der Waals surface area contributed by atoms with Crippen LogP contribution < -0.4 is 9.47 Å². The van der Waals surface area contributed by atoms with E-state index in [9.17, 15) is 4.79 Å². The minimum Gasteiger partial charge on any atom is -0.493 e. The number of aryl methyl sites for hydroxylation is 2. The molecular weight excluding hydrogens is 391 g/mol. The molecule has 0 radical (unpaired) electrons. The summed E-state index contributed by atoms with van der Waals surface area (Å²) in [6.07, 6.45) is 1.96. The van der Waals surface area contributed by atoms with E-state index in [4.69, 9.17) is 9.47 Å². The third-order valence-electron chi connectivity index (χ3n) is 3.16. The molecule has 0 aromatic heterocycles. The van der Waals surface area contributed by atoms with Crippen LogP contribution in [0, 0.1) is 10.5 Å². The van der Waals surface area contributed by atoms with Crippen molar-refractivity contribution in [2.45, 2.75) is 26.7 Å². The van der Waals surface area contributed by atoms with Gasteiger partial charge >= 0.3 is 5.97 Å². The van der Waals surface area contributed by atoms with Gasteiger partial charge in [0.1, 0.15) is 11.5 Å². The first-order valence-electron chi connectivity index (χ1n) is 7.21. The lowest BCUT2D eigenvalue weighted by Gasteiger charge is -2.10. The zero-order valence-electron chi connectivity index (χ0n) is 12.8. The Kier molecular flexibility index (Phi) is 6.24. The molecule has 0 saturated carbocycles. The van der Waals surface area contributed by atoms with Crippen LogP contribution >= 0.6 is 22.6 Å². The first kappa shape index (κ1) is 16.8. The Morgan fingerprint density at radius 1 is 1.18 bits per heavy atom. The normalized spacial score (nSPS) is 10.3. The molecule has 0 saturated heterocycles. The Hall–Kier alpha value is -1.56. The van der Waals surface area contributed by atoms with Crippen molar-refractivity contribution < 1.29 is 14.3 Å². The molecule has 0 N–H and O–H groups in total. The molecule has 2 aromatic carbocycles. The number of hydrogen-bond acceptors (Lipinski definition) is 3. The van der Waals surface area contributed by atoms with Gasteiger partial charge in [0.25, 0.3) is 0 Å². The second-order valence-electron chi connectivity index (χ2n) is 5.10. The van der Waals surface area contributed by atoms with Crippen molar-refractivity contribution >= 4 is 28.6 Å². The van der Waals surface area contributed by atoms with Crippen molar-refractivity contribution in [3.05, 3.63) is 57.2 Å². The monoisotopic (exact) mass is 410 g/mol. The predicted octanol–water partition coefficient (Wildman–Crippen LogP) is 4.54. The van der Waals surface area contributed by atoms with Crippen molar-refractivity contribution in [1.29, 1.82) is 0 Å². The summed E-state index contributed by atoms with van der Waals surface area (Å²) >= 11 is 2.32. The summed E-state index contributed by atoms with van der Waals surface area (Å²) in [7, 11) is 0. The van der Waals surface area contributed by atoms with Crippen LogP contribution in [-0.4, -0.2) is 12.6 Å². The van der Waals surface area contributed by atoms with Gasteiger partial charge < -0.3 is 9.47 Å². The van der Waals surface area contributed by atoms with Gasteiger partial charge in [-0.1, -0.05) is 12.1 Å². The fourth-order valence-electron chi connectivity index (χ4n) is 2.16. The minimum atomic E-state index is -0.314. The van der Waals surface area contributed by atoms with Crippen LogP contribution in [0.15, 0.2) is 42.5 Å². The Labute approximate surface area is 144 Å². The number of ether oxygens (including phenoxy) is 2. The molecule has 4 heteroatoms. The third kappa shape index (κ3) is 5.33. The molecule has 0 heterocycles. The number of carbonyl (C=O) groups is 1. The van der Waals surface area contributed by atoms with E-state index in [0.29, 0.717) is 12.4 Å². The van der Waals surface area contributed by atoms with Crippen molar-refractivity contribution in [1.82, 2.24) is 0 Å². The highest BCUT2D eigenvalue weighted by molar-refractivity contribution is 14.1. The molecule has 2 aromatic rings. The fourth-order valence-corrected chi connectivity index (χ4v) is 2.77. The Morgan fingerprint density at radius 2 is 2.00 bits per heavy atom. The van der Waals surface area contributed by atoms with E-state index in [1.165, 1.54) is 16.1 Å². The maximum Gasteiger partial charge on any atom is 0.308 e. The number of halogens is 1. The zero-order chi connectivity index (χ0) is 15.9. The summed E-state index contributed by atoms with van der Waals surface area (Å²) in [5.74, 6) is 1.07. The molecule has 0 atom stereocenters. The standard InChI is InChI=1S/C18H19IO3/c1-13-11-17(22-14(2)20)8-9-18(13)21-10-4-6-15-5-3-7-16(19)12-15/h3,5,7-9,11-12H,4,6,10H2,1-2H3. The van der Waals surface area contributed by atoms with Crippen LogP contribution in [0.5, 0.6) is 11.5 Å². The average molecular weight is 410 g/mol. The number of esters is 1. The van der Waals surface area contributed by atoms with Gasteiger partial charge in [-0.25, -0.2) is 0 Å². The van der Waals surface area contributed by atoms with Crippen LogP contribution in [0.25, 0.3) is 0 Å². The number of benzene rings is 2. The first-order chi connectivity index (χ1) is 10.5. The van der Waals surface area contributed by atoms with Crippen LogP contribution in [0.3, 0.4) is 0 Å². The van der Waals surface area contributed by atoms with E-state index in [2.05, 4.69) is 46.9 Å². The topological polar surface area (TPSA) is 35.5 Å². The Balaban J connectivity index is 1.83. The quantitative estimate of drug-likeness (QED) is 0.304. The van der Waals surface area contributed by atoms with E-state index in [-0.39, 0.29) is 5.97 Å². The predicted molar refractivity (Wildman–Crippen MR) is 95.5 cm³/mol. The number of hydrogen-bond donors (Lipinski definition) is 0. The highest BCUT2D eigenvalue weighted by Crippen LogP contribution is 2.23. The highest BCUT2D eigenvalue weighted by atomic mass is 127. The van der Waals surface area contributed by atoms with Gasteiger partial charge in [-0.3, -0.25) is 4.79 Å². The maximum absolute atomic E-state index is 10.9. The van der Waals surface area contributed by atoms with E-state index in [1.54, 1.807) is 6.07 Å². The lowest BCUT2D eigenvalue weighted by Crippen LogP contribution is -2.03. The van der Waals surface area contributed by atoms with Crippen molar-refractivity contribution in [2.75, 3.05) is 6.61 Å². The van der Waals surface area contributed by atoms with E-state index in [0.717, 1.165) is 24.2 Å². The molecule has 0 amide bonds. The summed E-state index contributed by atoms with van der Waals surface area (Å²) in [5.41, 5.74) is 2.30. The molecule has 0 unspecified atom stereocenters. The van der Waals surface area contributed by atoms with Gasteiger partial charge in [-0.2, -0.15) is 0 Å². The Bertz CT molecular complexity index is 653. The third-order valence-corrected chi connectivity index (χ3v) is 3.84. The summed E-state index contributed by atoms with van der Waals surface area (Å²) in [6, 6.07) is 13.9. The molecular formula is C18H19IO3.